The van der Waals surface area contributed by atoms with Crippen LogP contribution in [0.2, 0.25) is 0 Å². The fourth-order valence-electron chi connectivity index (χ4n) is 3.43. The number of hydrogen-bond acceptors (Lipinski definition) is 7. The molecule has 0 saturated carbocycles. The van der Waals surface area contributed by atoms with Gasteiger partial charge in [-0.2, -0.15) is 4.98 Å². The predicted molar refractivity (Wildman–Crippen MR) is 109 cm³/mol. The number of aromatic nitrogens is 7. The third kappa shape index (κ3) is 3.29. The Morgan fingerprint density at radius 3 is 2.65 bits per heavy atom. The van der Waals surface area contributed by atoms with Crippen LogP contribution in [0.1, 0.15) is 18.8 Å². The lowest BCUT2D eigenvalue weighted by Crippen LogP contribution is -2.14. The largest absolute Gasteiger partial charge is 0.481 e. The van der Waals surface area contributed by atoms with Gasteiger partial charge in [-0.3, -0.25) is 4.57 Å². The van der Waals surface area contributed by atoms with Gasteiger partial charge in [0.1, 0.15) is 34.8 Å². The van der Waals surface area contributed by atoms with Gasteiger partial charge in [0.25, 0.3) is 0 Å². The Kier molecular flexibility index (Phi) is 4.42. The van der Waals surface area contributed by atoms with Crippen LogP contribution in [-0.2, 0) is 0 Å². The molecule has 9 nitrogen and oxygen atoms in total. The summed E-state index contributed by atoms with van der Waals surface area (Å²) in [6.45, 7) is 1.86. The van der Waals surface area contributed by atoms with Gasteiger partial charge in [0.05, 0.1) is 25.2 Å². The van der Waals surface area contributed by atoms with E-state index in [4.69, 9.17) is 4.74 Å². The van der Waals surface area contributed by atoms with Crippen molar-refractivity contribution in [3.63, 3.8) is 0 Å². The number of halogens is 2. The highest BCUT2D eigenvalue weighted by Gasteiger charge is 2.22. The molecule has 1 unspecified atom stereocenters. The summed E-state index contributed by atoms with van der Waals surface area (Å²) >= 11 is 0. The minimum Gasteiger partial charge on any atom is -0.481 e. The molecule has 0 aliphatic heterocycles. The van der Waals surface area contributed by atoms with Crippen molar-refractivity contribution in [1.82, 2.24) is 34.5 Å². The summed E-state index contributed by atoms with van der Waals surface area (Å²) in [6, 6.07) is 6.24. The quantitative estimate of drug-likeness (QED) is 0.446. The zero-order valence-electron chi connectivity index (χ0n) is 16.5. The number of methoxy groups -OCH3 is 1. The van der Waals surface area contributed by atoms with Crippen molar-refractivity contribution >= 4 is 28.1 Å². The lowest BCUT2D eigenvalue weighted by molar-refractivity contribution is 0.399. The van der Waals surface area contributed by atoms with Crippen LogP contribution in [0.3, 0.4) is 0 Å². The van der Waals surface area contributed by atoms with Gasteiger partial charge in [-0.25, -0.2) is 28.7 Å². The molecule has 4 aromatic heterocycles. The van der Waals surface area contributed by atoms with E-state index in [2.05, 4.69) is 35.2 Å². The Hall–Kier alpha value is -4.15. The second-order valence-electron chi connectivity index (χ2n) is 6.82. The molecule has 0 bridgehead atoms. The third-order valence-corrected chi connectivity index (χ3v) is 4.78. The lowest BCUT2D eigenvalue weighted by atomic mass is 10.2. The summed E-state index contributed by atoms with van der Waals surface area (Å²) in [6.07, 6.45) is 2.92. The number of aromatic amines is 1. The fraction of sp³-hybridized carbons (Fsp3) is 0.150. The van der Waals surface area contributed by atoms with E-state index in [0.29, 0.717) is 39.9 Å². The highest BCUT2D eigenvalue weighted by atomic mass is 19.1. The first-order valence-corrected chi connectivity index (χ1v) is 9.34. The Bertz CT molecular complexity index is 1390. The summed E-state index contributed by atoms with van der Waals surface area (Å²) in [5, 5.41) is 3.26. The van der Waals surface area contributed by atoms with Crippen LogP contribution in [0.4, 0.5) is 14.6 Å². The number of imidazole rings is 2. The number of H-pyrrole nitrogens is 1. The van der Waals surface area contributed by atoms with Crippen LogP contribution in [0.25, 0.3) is 28.0 Å². The zero-order chi connectivity index (χ0) is 21.5. The standard InChI is InChI=1S/C20H16F2N8O/c1-10(27-18-16-17(24-8-23-16)25-9-26-18)19-28-14-3-4-15(31-2)29-20(14)30(19)13-6-11(21)5-12(22)7-13/h3-10H,1-2H3,(H2,23,24,25,26,27). The zero-order valence-corrected chi connectivity index (χ0v) is 16.5. The molecular weight excluding hydrogens is 406 g/mol. The molecule has 1 aromatic carbocycles. The van der Waals surface area contributed by atoms with E-state index in [-0.39, 0.29) is 5.69 Å². The molecule has 4 heterocycles. The van der Waals surface area contributed by atoms with E-state index < -0.39 is 17.7 Å². The maximum absolute atomic E-state index is 14.0. The van der Waals surface area contributed by atoms with Gasteiger partial charge in [-0.05, 0) is 25.1 Å². The smallest absolute Gasteiger partial charge is 0.215 e. The van der Waals surface area contributed by atoms with Crippen LogP contribution in [-0.4, -0.2) is 41.6 Å². The van der Waals surface area contributed by atoms with Crippen molar-refractivity contribution in [2.24, 2.45) is 0 Å². The number of benzene rings is 1. The molecule has 156 valence electrons. The Morgan fingerprint density at radius 1 is 1.06 bits per heavy atom. The Morgan fingerprint density at radius 2 is 1.87 bits per heavy atom. The molecule has 5 rings (SSSR count). The highest BCUT2D eigenvalue weighted by Crippen LogP contribution is 2.29. The molecule has 0 amide bonds. The fourth-order valence-corrected chi connectivity index (χ4v) is 3.43. The van der Waals surface area contributed by atoms with E-state index in [9.17, 15) is 8.78 Å². The predicted octanol–water partition coefficient (Wildman–Crippen LogP) is 3.55. The van der Waals surface area contributed by atoms with Crippen molar-refractivity contribution in [3.8, 4) is 11.6 Å². The number of fused-ring (bicyclic) bond motifs is 2. The first kappa shape index (κ1) is 18.9. The van der Waals surface area contributed by atoms with Crippen LogP contribution >= 0.6 is 0 Å². The van der Waals surface area contributed by atoms with Gasteiger partial charge in [0.2, 0.25) is 5.88 Å². The van der Waals surface area contributed by atoms with Crippen LogP contribution in [0.15, 0.2) is 43.0 Å². The summed E-state index contributed by atoms with van der Waals surface area (Å²) in [5.74, 6) is -0.0631. The van der Waals surface area contributed by atoms with E-state index in [1.807, 2.05) is 6.92 Å². The average Bonchev–Trinajstić information content (AvgIpc) is 3.37. The average molecular weight is 422 g/mol. The number of nitrogens with one attached hydrogen (secondary N) is 2. The van der Waals surface area contributed by atoms with Gasteiger partial charge in [-0.1, -0.05) is 0 Å². The van der Waals surface area contributed by atoms with Crippen molar-refractivity contribution in [2.45, 2.75) is 13.0 Å². The second-order valence-corrected chi connectivity index (χ2v) is 6.82. The Balaban J connectivity index is 1.67. The molecule has 31 heavy (non-hydrogen) atoms. The lowest BCUT2D eigenvalue weighted by Gasteiger charge is -2.17. The van der Waals surface area contributed by atoms with E-state index in [0.717, 1.165) is 6.07 Å². The SMILES string of the molecule is COc1ccc2nc(C(C)Nc3ncnc4nc[nH]c34)n(-c3cc(F)cc(F)c3)c2n1. The van der Waals surface area contributed by atoms with Crippen LogP contribution in [0.5, 0.6) is 5.88 Å². The number of ether oxygens (including phenoxy) is 1. The molecule has 0 radical (unpaired) electrons. The molecule has 0 saturated heterocycles. The third-order valence-electron chi connectivity index (χ3n) is 4.78. The number of rotatable bonds is 5. The van der Waals surface area contributed by atoms with Crippen LogP contribution < -0.4 is 10.1 Å². The molecule has 0 spiro atoms. The topological polar surface area (TPSA) is 106 Å². The first-order chi connectivity index (χ1) is 15.0. The second kappa shape index (κ2) is 7.27. The summed E-state index contributed by atoms with van der Waals surface area (Å²) in [7, 11) is 1.49. The molecule has 5 aromatic rings. The van der Waals surface area contributed by atoms with E-state index in [1.54, 1.807) is 16.7 Å². The maximum atomic E-state index is 14.0. The van der Waals surface area contributed by atoms with Gasteiger partial charge in [0, 0.05) is 12.1 Å². The molecule has 0 fully saturated rings. The minimum absolute atomic E-state index is 0.249. The molecule has 0 aliphatic carbocycles. The van der Waals surface area contributed by atoms with Gasteiger partial charge in [0.15, 0.2) is 17.1 Å². The molecule has 1 atom stereocenters. The van der Waals surface area contributed by atoms with Crippen molar-refractivity contribution in [2.75, 3.05) is 12.4 Å². The highest BCUT2D eigenvalue weighted by molar-refractivity contribution is 5.82. The monoisotopic (exact) mass is 422 g/mol. The van der Waals surface area contributed by atoms with E-state index in [1.165, 1.54) is 31.9 Å². The first-order valence-electron chi connectivity index (χ1n) is 9.34. The minimum atomic E-state index is -0.707. The number of pyridine rings is 1. The van der Waals surface area contributed by atoms with Crippen molar-refractivity contribution < 1.29 is 13.5 Å². The van der Waals surface area contributed by atoms with Gasteiger partial charge < -0.3 is 15.0 Å². The van der Waals surface area contributed by atoms with Gasteiger partial charge in [-0.15, -0.1) is 0 Å². The van der Waals surface area contributed by atoms with Gasteiger partial charge >= 0.3 is 0 Å². The normalized spacial score (nSPS) is 12.4. The molecular formula is C20H16F2N8O. The summed E-state index contributed by atoms with van der Waals surface area (Å²) in [5.41, 5.74) is 2.34. The Labute approximate surface area is 174 Å². The molecule has 11 heteroatoms. The van der Waals surface area contributed by atoms with Crippen LogP contribution in [0, 0.1) is 11.6 Å². The summed E-state index contributed by atoms with van der Waals surface area (Å²) < 4.78 is 34.9. The molecule has 2 N–H and O–H groups in total. The molecule has 0 aliphatic rings. The van der Waals surface area contributed by atoms with Crippen molar-refractivity contribution in [1.29, 1.82) is 0 Å². The summed E-state index contributed by atoms with van der Waals surface area (Å²) in [4.78, 5) is 24.6. The number of hydrogen-bond donors (Lipinski definition) is 2. The number of nitrogens with zero attached hydrogens (tertiary/aromatic N) is 6. The van der Waals surface area contributed by atoms with E-state index >= 15 is 0 Å². The number of anilines is 1. The van der Waals surface area contributed by atoms with Crippen molar-refractivity contribution in [3.05, 3.63) is 60.4 Å². The maximum Gasteiger partial charge on any atom is 0.215 e.